The molecule has 10 atom stereocenters. The van der Waals surface area contributed by atoms with E-state index in [1.54, 1.807) is 7.11 Å². The van der Waals surface area contributed by atoms with Crippen molar-refractivity contribution in [3.63, 3.8) is 0 Å². The van der Waals surface area contributed by atoms with Gasteiger partial charge in [0.25, 0.3) is 0 Å². The lowest BCUT2D eigenvalue weighted by atomic mass is 9.47. The van der Waals surface area contributed by atoms with E-state index in [0.29, 0.717) is 61.7 Å². The van der Waals surface area contributed by atoms with Gasteiger partial charge in [-0.15, -0.1) is 0 Å². The number of fused-ring (bicyclic) bond motifs is 6. The maximum atomic E-state index is 15.3. The molecule has 1 aliphatic carbocycles. The number of aromatic nitrogens is 1. The number of alkyl halides is 2. The van der Waals surface area contributed by atoms with E-state index >= 15 is 13.6 Å². The molecule has 5 aliphatic heterocycles. The van der Waals surface area contributed by atoms with Gasteiger partial charge in [-0.2, -0.15) is 0 Å². The van der Waals surface area contributed by atoms with Gasteiger partial charge < -0.3 is 34.3 Å². The van der Waals surface area contributed by atoms with Crippen LogP contribution in [0.15, 0.2) is 48.6 Å². The van der Waals surface area contributed by atoms with E-state index < -0.39 is 57.8 Å². The smallest absolute Gasteiger partial charge is 0.342 e. The van der Waals surface area contributed by atoms with Crippen molar-refractivity contribution < 1.29 is 42.8 Å². The highest BCUT2D eigenvalue weighted by Gasteiger charge is 2.79. The Morgan fingerprint density at radius 1 is 1.05 bits per heavy atom. The first-order chi connectivity index (χ1) is 26.7. The number of ether oxygens (including phenoxy) is 3. The molecular weight excluding hydrogens is 722 g/mol. The van der Waals surface area contributed by atoms with Crippen molar-refractivity contribution in [3.05, 3.63) is 70.9 Å². The molecule has 6 aliphatic rings. The van der Waals surface area contributed by atoms with Gasteiger partial charge >= 0.3 is 11.9 Å². The molecule has 1 spiro atoms. The molecular formula is C43H52F2N4O7. The highest BCUT2D eigenvalue weighted by Crippen LogP contribution is 2.67. The summed E-state index contributed by atoms with van der Waals surface area (Å²) in [7, 11) is 5.95. The minimum absolute atomic E-state index is 0.173. The van der Waals surface area contributed by atoms with E-state index in [4.69, 9.17) is 14.2 Å². The number of carbonyl (C=O) groups is 2. The molecule has 3 aromatic rings. The summed E-state index contributed by atoms with van der Waals surface area (Å²) in [6, 6.07) is 10.4. The number of aromatic amines is 1. The third-order valence-corrected chi connectivity index (χ3v) is 15.0. The van der Waals surface area contributed by atoms with Crippen molar-refractivity contribution in [2.45, 2.75) is 86.6 Å². The second-order valence-electron chi connectivity index (χ2n) is 17.4. The number of nitrogens with one attached hydrogen (secondary N) is 1. The zero-order chi connectivity index (χ0) is 39.7. The molecule has 300 valence electrons. The second-order valence-corrected chi connectivity index (χ2v) is 17.4. The van der Waals surface area contributed by atoms with Crippen molar-refractivity contribution in [1.82, 2.24) is 14.8 Å². The Bertz CT molecular complexity index is 2150. The number of methoxy groups -OCH3 is 3. The van der Waals surface area contributed by atoms with Crippen LogP contribution in [0.4, 0.5) is 14.5 Å². The first-order valence-corrected chi connectivity index (χ1v) is 19.8. The van der Waals surface area contributed by atoms with E-state index in [1.165, 1.54) is 14.2 Å². The molecule has 2 saturated heterocycles. The van der Waals surface area contributed by atoms with Crippen LogP contribution in [0.3, 0.4) is 0 Å². The fourth-order valence-electron chi connectivity index (χ4n) is 12.9. The first kappa shape index (κ1) is 37.5. The summed E-state index contributed by atoms with van der Waals surface area (Å²) in [4.78, 5) is 39.1. The van der Waals surface area contributed by atoms with Crippen LogP contribution in [0.25, 0.3) is 10.9 Å². The van der Waals surface area contributed by atoms with Crippen molar-refractivity contribution in [2.75, 3.05) is 59.5 Å². The molecule has 56 heavy (non-hydrogen) atoms. The summed E-state index contributed by atoms with van der Waals surface area (Å²) in [5, 5.41) is 26.1. The predicted molar refractivity (Wildman–Crippen MR) is 205 cm³/mol. The van der Waals surface area contributed by atoms with Crippen LogP contribution in [-0.2, 0) is 36.4 Å². The van der Waals surface area contributed by atoms with Gasteiger partial charge in [-0.05, 0) is 68.3 Å². The fourth-order valence-corrected chi connectivity index (χ4v) is 12.9. The van der Waals surface area contributed by atoms with Crippen LogP contribution in [-0.4, -0.2) is 121 Å². The molecule has 10 unspecified atom stereocenters. The number of para-hydroxylation sites is 1. The Kier molecular flexibility index (Phi) is 8.36. The number of aliphatic hydroxyl groups excluding tert-OH is 1. The minimum Gasteiger partial charge on any atom is -0.496 e. The minimum atomic E-state index is -2.92. The SMILES string of the molecule is CCC12C=CCN3CCC4(c5cc(C6(C(=O)OC)CC7CC(C(C)(F)F)CN(Cc8c6[nH]c6ccccc86)C7)c(OC)cc5N(C)C4C(O)(C(=O)OC)C1O)C32. The first-order valence-electron chi connectivity index (χ1n) is 19.8. The number of hydrogen-bond acceptors (Lipinski definition) is 10. The molecule has 0 amide bonds. The number of aliphatic hydroxyl groups is 2. The largest absolute Gasteiger partial charge is 0.496 e. The van der Waals surface area contributed by atoms with Crippen LogP contribution >= 0.6 is 0 Å². The quantitative estimate of drug-likeness (QED) is 0.244. The highest BCUT2D eigenvalue weighted by molar-refractivity contribution is 5.95. The fraction of sp³-hybridized carbons (Fsp3) is 0.581. The summed E-state index contributed by atoms with van der Waals surface area (Å²) in [6.45, 7) is 5.36. The third-order valence-electron chi connectivity index (χ3n) is 15.0. The molecule has 1 saturated carbocycles. The van der Waals surface area contributed by atoms with E-state index in [0.717, 1.165) is 29.0 Å². The van der Waals surface area contributed by atoms with Crippen LogP contribution in [0.1, 0.15) is 61.9 Å². The molecule has 13 heteroatoms. The van der Waals surface area contributed by atoms with E-state index in [-0.39, 0.29) is 31.3 Å². The average Bonchev–Trinajstić information content (AvgIpc) is 3.84. The predicted octanol–water partition coefficient (Wildman–Crippen LogP) is 4.51. The zero-order valence-electron chi connectivity index (χ0n) is 32.9. The second kappa shape index (κ2) is 12.5. The molecule has 3 fully saturated rings. The van der Waals surface area contributed by atoms with Gasteiger partial charge in [0.15, 0.2) is 0 Å². The standard InChI is InChI=1S/C43H52F2N4O7/c1-7-40-13-10-15-49-16-14-41(34(40)49)28-18-29(32(54-4)19-31(28)47(3)35(41)43(53,36(40)50)38(52)56-6)42(37(51)55-5)20-24-17-25(39(2,44)45)22-48(21-24)23-27-26-11-8-9-12-30(26)46-33(27)42/h8-13,18-19,24-25,34-36,46,50,53H,7,14-17,20-23H2,1-6H3. The number of rotatable bonds is 6. The lowest BCUT2D eigenvalue weighted by molar-refractivity contribution is -0.218. The monoisotopic (exact) mass is 774 g/mol. The van der Waals surface area contributed by atoms with Crippen molar-refractivity contribution in [2.24, 2.45) is 17.3 Å². The van der Waals surface area contributed by atoms with Crippen LogP contribution in [0.2, 0.25) is 0 Å². The average molecular weight is 775 g/mol. The Morgan fingerprint density at radius 3 is 2.50 bits per heavy atom. The van der Waals surface area contributed by atoms with Crippen LogP contribution in [0.5, 0.6) is 5.75 Å². The molecule has 2 aromatic carbocycles. The Hall–Kier alpha value is -4.04. The molecule has 11 nitrogen and oxygen atoms in total. The van der Waals surface area contributed by atoms with Gasteiger partial charge in [0.1, 0.15) is 17.3 Å². The van der Waals surface area contributed by atoms with Gasteiger partial charge in [-0.25, -0.2) is 13.6 Å². The van der Waals surface area contributed by atoms with Crippen molar-refractivity contribution >= 4 is 28.5 Å². The molecule has 0 radical (unpaired) electrons. The van der Waals surface area contributed by atoms with Crippen molar-refractivity contribution in [1.29, 1.82) is 0 Å². The number of benzene rings is 2. The third kappa shape index (κ3) is 4.57. The van der Waals surface area contributed by atoms with E-state index in [1.807, 2.05) is 67.4 Å². The number of nitrogens with zero attached hydrogens (tertiary/aromatic N) is 3. The lowest BCUT2D eigenvalue weighted by Crippen LogP contribution is -2.80. The summed E-state index contributed by atoms with van der Waals surface area (Å²) in [5.74, 6) is -5.21. The maximum Gasteiger partial charge on any atom is 0.342 e. The number of carbonyl (C=O) groups excluding carboxylic acids is 2. The number of hydrogen-bond donors (Lipinski definition) is 3. The molecule has 6 heterocycles. The van der Waals surface area contributed by atoms with Gasteiger partial charge in [0.2, 0.25) is 11.5 Å². The van der Waals surface area contributed by atoms with Crippen LogP contribution in [0, 0.1) is 17.3 Å². The van der Waals surface area contributed by atoms with E-state index in [2.05, 4.69) is 14.8 Å². The van der Waals surface area contributed by atoms with Gasteiger partial charge in [-0.1, -0.05) is 37.3 Å². The van der Waals surface area contributed by atoms with Crippen LogP contribution < -0.4 is 9.64 Å². The topological polar surface area (TPSA) is 128 Å². The molecule has 9 rings (SSSR count). The summed E-state index contributed by atoms with van der Waals surface area (Å²) in [6.07, 6.45) is 3.88. The number of halogens is 2. The van der Waals surface area contributed by atoms with Gasteiger partial charge in [0, 0.05) is 89.9 Å². The van der Waals surface area contributed by atoms with Crippen molar-refractivity contribution in [3.8, 4) is 5.75 Å². The Morgan fingerprint density at radius 2 is 1.80 bits per heavy atom. The summed E-state index contributed by atoms with van der Waals surface area (Å²) >= 11 is 0. The Labute approximate surface area is 325 Å². The van der Waals surface area contributed by atoms with Gasteiger partial charge in [0.05, 0.1) is 27.4 Å². The number of esters is 2. The number of piperidine rings is 1. The summed E-state index contributed by atoms with van der Waals surface area (Å²) < 4.78 is 47.9. The highest BCUT2D eigenvalue weighted by atomic mass is 19.3. The summed E-state index contributed by atoms with van der Waals surface area (Å²) in [5.41, 5.74) is -1.46. The number of anilines is 1. The molecule has 1 aromatic heterocycles. The lowest BCUT2D eigenvalue weighted by Gasteiger charge is -2.63. The molecule has 2 bridgehead atoms. The zero-order valence-corrected chi connectivity index (χ0v) is 32.9. The van der Waals surface area contributed by atoms with Gasteiger partial charge in [-0.3, -0.25) is 14.6 Å². The molecule has 3 N–H and O–H groups in total. The van der Waals surface area contributed by atoms with E-state index in [9.17, 15) is 15.0 Å². The Balaban J connectivity index is 1.35. The maximum absolute atomic E-state index is 15.3. The normalized spacial score (nSPS) is 37.2. The number of H-pyrrole nitrogens is 1. The number of likely N-dealkylation sites (N-methyl/N-ethyl adjacent to an activating group) is 1.